The molecule has 0 amide bonds. The zero-order valence-corrected chi connectivity index (χ0v) is 8.84. The Balaban J connectivity index is 3.87. The van der Waals surface area contributed by atoms with E-state index in [1.54, 1.807) is 23.5 Å². The van der Waals surface area contributed by atoms with E-state index in [-0.39, 0.29) is 0 Å². The van der Waals surface area contributed by atoms with Gasteiger partial charge in [0.25, 0.3) is 0 Å². The maximum Gasteiger partial charge on any atom is 0.0587 e. The van der Waals surface area contributed by atoms with Crippen molar-refractivity contribution in [2.24, 2.45) is 11.1 Å². The number of hydrogen-bond donors (Lipinski definition) is 1. The molecule has 0 saturated carbocycles. The lowest BCUT2D eigenvalue weighted by Crippen LogP contribution is -2.16. The van der Waals surface area contributed by atoms with E-state index in [1.165, 1.54) is 0 Å². The fourth-order valence-corrected chi connectivity index (χ4v) is 2.45. The number of thioether (sulfide) groups is 2. The van der Waals surface area contributed by atoms with Crippen LogP contribution in [0.5, 0.6) is 0 Å². The van der Waals surface area contributed by atoms with E-state index in [2.05, 4.69) is 17.7 Å². The van der Waals surface area contributed by atoms with Crippen LogP contribution in [0.25, 0.3) is 0 Å². The van der Waals surface area contributed by atoms with Gasteiger partial charge in [-0.25, -0.2) is 0 Å². The summed E-state index contributed by atoms with van der Waals surface area (Å²) in [6.45, 7) is 1.87. The van der Waals surface area contributed by atoms with Gasteiger partial charge in [0.1, 0.15) is 0 Å². The zero-order chi connectivity index (χ0) is 8.69. The summed E-state index contributed by atoms with van der Waals surface area (Å²) in [5.74, 6) is 2.50. The van der Waals surface area contributed by atoms with Gasteiger partial charge in [0, 0.05) is 17.4 Å². The van der Waals surface area contributed by atoms with Crippen LogP contribution in [0.4, 0.5) is 0 Å². The first-order chi connectivity index (χ1) is 5.26. The Morgan fingerprint density at radius 2 is 1.82 bits per heavy atom. The molecule has 0 spiro atoms. The van der Waals surface area contributed by atoms with Gasteiger partial charge in [-0.2, -0.15) is 23.5 Å². The highest BCUT2D eigenvalue weighted by molar-refractivity contribution is 7.99. The predicted molar refractivity (Wildman–Crippen MR) is 55.1 cm³/mol. The van der Waals surface area contributed by atoms with Gasteiger partial charge in [-0.05, 0) is 19.4 Å². The maximum absolute atomic E-state index is 8.53. The molecule has 0 aromatic heterocycles. The number of nitrogens with zero attached hydrogens (tertiary/aromatic N) is 1. The third kappa shape index (κ3) is 4.58. The Labute approximate surface area is 76.8 Å². The largest absolute Gasteiger partial charge is 0.411 e. The van der Waals surface area contributed by atoms with Gasteiger partial charge < -0.3 is 5.21 Å². The highest BCUT2D eigenvalue weighted by atomic mass is 32.2. The second-order valence-corrected chi connectivity index (χ2v) is 4.17. The molecule has 4 heteroatoms. The minimum atomic E-state index is 0.421. The monoisotopic (exact) mass is 193 g/mol. The van der Waals surface area contributed by atoms with Crippen molar-refractivity contribution in [3.8, 4) is 0 Å². The molecule has 0 heterocycles. The minimum absolute atomic E-state index is 0.421. The smallest absolute Gasteiger partial charge is 0.0587 e. The summed E-state index contributed by atoms with van der Waals surface area (Å²) in [6.07, 6.45) is 4.13. The lowest BCUT2D eigenvalue weighted by atomic mass is 10.1. The normalized spacial score (nSPS) is 12.5. The first kappa shape index (κ1) is 11.2. The molecule has 0 aliphatic carbocycles. The SMILES string of the molecule is CSCC(CSC)C(C)=NO. The van der Waals surface area contributed by atoms with E-state index in [9.17, 15) is 0 Å². The van der Waals surface area contributed by atoms with Crippen LogP contribution in [0.2, 0.25) is 0 Å². The topological polar surface area (TPSA) is 32.6 Å². The van der Waals surface area contributed by atoms with Crippen LogP contribution in [-0.4, -0.2) is 34.9 Å². The Bertz CT molecular complexity index is 122. The molecule has 0 saturated heterocycles. The molecule has 66 valence electrons. The summed E-state index contributed by atoms with van der Waals surface area (Å²) < 4.78 is 0. The standard InChI is InChI=1S/C7H15NOS2/c1-6(8-9)7(4-10-2)5-11-3/h7,9H,4-5H2,1-3H3. The van der Waals surface area contributed by atoms with Crippen LogP contribution in [0.1, 0.15) is 6.92 Å². The number of hydrogen-bond acceptors (Lipinski definition) is 4. The molecular weight excluding hydrogens is 178 g/mol. The quantitative estimate of drug-likeness (QED) is 0.413. The van der Waals surface area contributed by atoms with Crippen LogP contribution in [0.15, 0.2) is 5.16 Å². The van der Waals surface area contributed by atoms with Gasteiger partial charge in [-0.1, -0.05) is 5.16 Å². The van der Waals surface area contributed by atoms with Crippen molar-refractivity contribution in [1.29, 1.82) is 0 Å². The van der Waals surface area contributed by atoms with Gasteiger partial charge in [-0.15, -0.1) is 0 Å². The van der Waals surface area contributed by atoms with E-state index in [1.807, 2.05) is 6.92 Å². The molecule has 0 rings (SSSR count). The maximum atomic E-state index is 8.53. The molecule has 0 aromatic rings. The molecule has 0 bridgehead atoms. The molecule has 0 aliphatic rings. The van der Waals surface area contributed by atoms with E-state index in [4.69, 9.17) is 5.21 Å². The lowest BCUT2D eigenvalue weighted by Gasteiger charge is -2.11. The average molecular weight is 193 g/mol. The molecule has 11 heavy (non-hydrogen) atoms. The summed E-state index contributed by atoms with van der Waals surface area (Å²) in [6, 6.07) is 0. The Hall–Kier alpha value is 0.170. The van der Waals surface area contributed by atoms with Gasteiger partial charge in [-0.3, -0.25) is 0 Å². The van der Waals surface area contributed by atoms with Crippen LogP contribution >= 0.6 is 23.5 Å². The Morgan fingerprint density at radius 1 is 1.36 bits per heavy atom. The number of oxime groups is 1. The predicted octanol–water partition coefficient (Wildman–Crippen LogP) is 2.18. The van der Waals surface area contributed by atoms with Crippen LogP contribution in [-0.2, 0) is 0 Å². The third-order valence-corrected chi connectivity index (χ3v) is 2.96. The second-order valence-electron chi connectivity index (χ2n) is 2.35. The lowest BCUT2D eigenvalue weighted by molar-refractivity contribution is 0.316. The fraction of sp³-hybridized carbons (Fsp3) is 0.857. The number of rotatable bonds is 5. The average Bonchev–Trinajstić information content (AvgIpc) is 2.03. The van der Waals surface area contributed by atoms with Gasteiger partial charge in [0.05, 0.1) is 5.71 Å². The fourth-order valence-electron chi connectivity index (χ4n) is 0.773. The van der Waals surface area contributed by atoms with Crippen molar-refractivity contribution in [2.45, 2.75) is 6.92 Å². The van der Waals surface area contributed by atoms with Crippen LogP contribution in [0, 0.1) is 5.92 Å². The van der Waals surface area contributed by atoms with Crippen molar-refractivity contribution in [3.63, 3.8) is 0 Å². The van der Waals surface area contributed by atoms with Crippen molar-refractivity contribution in [2.75, 3.05) is 24.0 Å². The van der Waals surface area contributed by atoms with Crippen LogP contribution in [0.3, 0.4) is 0 Å². The zero-order valence-electron chi connectivity index (χ0n) is 7.20. The van der Waals surface area contributed by atoms with Crippen LogP contribution < -0.4 is 0 Å². The van der Waals surface area contributed by atoms with E-state index >= 15 is 0 Å². The Morgan fingerprint density at radius 3 is 2.09 bits per heavy atom. The van der Waals surface area contributed by atoms with E-state index in [0.717, 1.165) is 17.2 Å². The third-order valence-electron chi connectivity index (χ3n) is 1.48. The molecule has 0 aromatic carbocycles. The summed E-state index contributed by atoms with van der Waals surface area (Å²) in [7, 11) is 0. The van der Waals surface area contributed by atoms with Gasteiger partial charge in [0.2, 0.25) is 0 Å². The molecule has 0 atom stereocenters. The molecular formula is C7H15NOS2. The molecule has 0 fully saturated rings. The van der Waals surface area contributed by atoms with Crippen molar-refractivity contribution >= 4 is 29.2 Å². The molecule has 0 aliphatic heterocycles. The van der Waals surface area contributed by atoms with Gasteiger partial charge >= 0.3 is 0 Å². The first-order valence-electron chi connectivity index (χ1n) is 3.42. The van der Waals surface area contributed by atoms with Crippen molar-refractivity contribution in [3.05, 3.63) is 0 Å². The molecule has 0 unspecified atom stereocenters. The van der Waals surface area contributed by atoms with Crippen molar-refractivity contribution < 1.29 is 5.21 Å². The highest BCUT2D eigenvalue weighted by Gasteiger charge is 2.10. The highest BCUT2D eigenvalue weighted by Crippen LogP contribution is 2.12. The van der Waals surface area contributed by atoms with Crippen molar-refractivity contribution in [1.82, 2.24) is 0 Å². The molecule has 2 nitrogen and oxygen atoms in total. The first-order valence-corrected chi connectivity index (χ1v) is 6.21. The summed E-state index contributed by atoms with van der Waals surface area (Å²) in [5.41, 5.74) is 0.841. The molecule has 1 N–H and O–H groups in total. The molecule has 0 radical (unpaired) electrons. The summed E-state index contributed by atoms with van der Waals surface area (Å²) in [4.78, 5) is 0. The minimum Gasteiger partial charge on any atom is -0.411 e. The summed E-state index contributed by atoms with van der Waals surface area (Å²) in [5, 5.41) is 11.7. The summed E-state index contributed by atoms with van der Waals surface area (Å²) >= 11 is 3.58. The Kier molecular flexibility index (Phi) is 6.96. The second kappa shape index (κ2) is 6.85. The van der Waals surface area contributed by atoms with E-state index in [0.29, 0.717) is 5.92 Å². The van der Waals surface area contributed by atoms with E-state index < -0.39 is 0 Å². The van der Waals surface area contributed by atoms with Gasteiger partial charge in [0.15, 0.2) is 0 Å².